The zero-order valence-corrected chi connectivity index (χ0v) is 7.52. The summed E-state index contributed by atoms with van der Waals surface area (Å²) < 4.78 is 0. The fourth-order valence-corrected chi connectivity index (χ4v) is 0.813. The van der Waals surface area contributed by atoms with E-state index >= 15 is 0 Å². The average Bonchev–Trinajstić information content (AvgIpc) is 1.84. The van der Waals surface area contributed by atoms with Crippen LogP contribution in [-0.4, -0.2) is 7.85 Å². The Balaban J connectivity index is 3.95. The molecule has 0 N–H and O–H groups in total. The second-order valence-electron chi connectivity index (χ2n) is 3.50. The smallest absolute Gasteiger partial charge is 0.0762 e. The summed E-state index contributed by atoms with van der Waals surface area (Å²) in [5.41, 5.74) is 1.16. The van der Waals surface area contributed by atoms with E-state index < -0.39 is 0 Å². The number of rotatable bonds is 3. The van der Waals surface area contributed by atoms with Crippen LogP contribution in [0.5, 0.6) is 0 Å². The Labute approximate surface area is 66.1 Å². The van der Waals surface area contributed by atoms with Crippen LogP contribution < -0.4 is 0 Å². The lowest BCUT2D eigenvalue weighted by atomic mass is 9.70. The third-order valence-corrected chi connectivity index (χ3v) is 1.89. The summed E-state index contributed by atoms with van der Waals surface area (Å²) in [7, 11) is 5.86. The third kappa shape index (κ3) is 2.59. The molecule has 0 rings (SSSR count). The fraction of sp³-hybridized carbons (Fsp3) is 0.778. The van der Waals surface area contributed by atoms with Crippen LogP contribution in [0, 0.1) is 11.8 Å². The Morgan fingerprint density at radius 2 is 1.60 bits per heavy atom. The molecule has 0 aliphatic rings. The van der Waals surface area contributed by atoms with Crippen molar-refractivity contribution < 1.29 is 0 Å². The van der Waals surface area contributed by atoms with Crippen LogP contribution in [0.4, 0.5) is 0 Å². The van der Waals surface area contributed by atoms with Crippen molar-refractivity contribution in [1.82, 2.24) is 0 Å². The van der Waals surface area contributed by atoms with Crippen molar-refractivity contribution in [1.29, 1.82) is 0 Å². The molecule has 56 valence electrons. The molecular formula is C9H17B. The molecule has 1 heteroatoms. The van der Waals surface area contributed by atoms with Gasteiger partial charge >= 0.3 is 0 Å². The summed E-state index contributed by atoms with van der Waals surface area (Å²) in [6.45, 7) is 12.5. The molecule has 0 nitrogen and oxygen atoms in total. The molecule has 0 heterocycles. The molecule has 0 amide bonds. The lowest BCUT2D eigenvalue weighted by Crippen LogP contribution is -2.08. The van der Waals surface area contributed by atoms with Crippen LogP contribution in [-0.2, 0) is 0 Å². The summed E-state index contributed by atoms with van der Waals surface area (Å²) in [5, 5.41) is 0. The van der Waals surface area contributed by atoms with Crippen molar-refractivity contribution in [2.24, 2.45) is 11.8 Å². The maximum Gasteiger partial charge on any atom is 0.0762 e. The van der Waals surface area contributed by atoms with Crippen molar-refractivity contribution in [2.75, 3.05) is 0 Å². The highest BCUT2D eigenvalue weighted by Crippen LogP contribution is 2.26. The minimum absolute atomic E-state index is 0.167. The van der Waals surface area contributed by atoms with Crippen LogP contribution in [0.2, 0.25) is 5.82 Å². The predicted molar refractivity (Wildman–Crippen MR) is 48.3 cm³/mol. The van der Waals surface area contributed by atoms with E-state index in [0.29, 0.717) is 11.8 Å². The van der Waals surface area contributed by atoms with Gasteiger partial charge < -0.3 is 0 Å². The van der Waals surface area contributed by atoms with E-state index in [0.717, 1.165) is 5.57 Å². The summed E-state index contributed by atoms with van der Waals surface area (Å²) in [4.78, 5) is 0. The highest BCUT2D eigenvalue weighted by Gasteiger charge is 2.12. The zero-order valence-electron chi connectivity index (χ0n) is 7.52. The molecule has 0 bridgehead atoms. The molecule has 0 aromatic carbocycles. The maximum absolute atomic E-state index is 5.86. The van der Waals surface area contributed by atoms with Gasteiger partial charge in [-0.1, -0.05) is 39.1 Å². The van der Waals surface area contributed by atoms with E-state index in [1.54, 1.807) is 0 Å². The minimum atomic E-state index is 0.167. The molecule has 0 aromatic heterocycles. The summed E-state index contributed by atoms with van der Waals surface area (Å²) in [6, 6.07) is 0. The molecule has 0 spiro atoms. The van der Waals surface area contributed by atoms with Gasteiger partial charge in [-0.2, -0.15) is 0 Å². The number of hydrogen-bond acceptors (Lipinski definition) is 0. The van der Waals surface area contributed by atoms with Crippen LogP contribution >= 0.6 is 0 Å². The molecule has 2 radical (unpaired) electrons. The Morgan fingerprint density at radius 1 is 1.20 bits per heavy atom. The second-order valence-corrected chi connectivity index (χ2v) is 3.50. The normalized spacial score (nSPS) is 14.2. The quantitative estimate of drug-likeness (QED) is 0.413. The lowest BCUT2D eigenvalue weighted by molar-refractivity contribution is 0.589. The van der Waals surface area contributed by atoms with Gasteiger partial charge in [0.05, 0.1) is 7.85 Å². The van der Waals surface area contributed by atoms with Gasteiger partial charge in [0.2, 0.25) is 0 Å². The minimum Gasteiger partial charge on any atom is -0.100 e. The molecule has 1 unspecified atom stereocenters. The van der Waals surface area contributed by atoms with E-state index in [1.165, 1.54) is 0 Å². The predicted octanol–water partition coefficient (Wildman–Crippen LogP) is 2.81. The van der Waals surface area contributed by atoms with E-state index in [9.17, 15) is 0 Å². The van der Waals surface area contributed by atoms with Gasteiger partial charge in [-0.15, -0.1) is 6.58 Å². The van der Waals surface area contributed by atoms with Gasteiger partial charge in [-0.25, -0.2) is 0 Å². The van der Waals surface area contributed by atoms with E-state index in [-0.39, 0.29) is 5.82 Å². The van der Waals surface area contributed by atoms with Gasteiger partial charge in [-0.3, -0.25) is 0 Å². The number of allylic oxidation sites excluding steroid dienone is 1. The maximum atomic E-state index is 5.86. The molecule has 0 saturated heterocycles. The Morgan fingerprint density at radius 3 is 1.70 bits per heavy atom. The van der Waals surface area contributed by atoms with E-state index in [1.807, 2.05) is 0 Å². The van der Waals surface area contributed by atoms with Gasteiger partial charge in [0.25, 0.3) is 0 Å². The largest absolute Gasteiger partial charge is 0.100 e. The zero-order chi connectivity index (χ0) is 8.31. The highest BCUT2D eigenvalue weighted by atomic mass is 14.1. The first-order valence-corrected chi connectivity index (χ1v) is 3.91. The summed E-state index contributed by atoms with van der Waals surface area (Å²) in [5.74, 6) is 1.19. The topological polar surface area (TPSA) is 0 Å². The van der Waals surface area contributed by atoms with Gasteiger partial charge in [-0.05, 0) is 11.8 Å². The third-order valence-electron chi connectivity index (χ3n) is 1.89. The Hall–Kier alpha value is -0.195. The summed E-state index contributed by atoms with van der Waals surface area (Å²) >= 11 is 0. The van der Waals surface area contributed by atoms with Crippen LogP contribution in [0.25, 0.3) is 0 Å². The molecule has 0 aromatic rings. The SMILES string of the molecule is [B]C(C(=C)C(C)C)C(C)C. The first-order valence-electron chi connectivity index (χ1n) is 3.91. The van der Waals surface area contributed by atoms with E-state index in [4.69, 9.17) is 7.85 Å². The average molecular weight is 136 g/mol. The summed E-state index contributed by atoms with van der Waals surface area (Å²) in [6.07, 6.45) is 0. The standard InChI is InChI=1S/C9H17B/c1-6(2)8(5)9(10)7(3)4/h6-7,9H,5H2,1-4H3. The molecule has 10 heavy (non-hydrogen) atoms. The first-order chi connectivity index (χ1) is 4.46. The van der Waals surface area contributed by atoms with E-state index in [2.05, 4.69) is 34.3 Å². The molecule has 0 saturated carbocycles. The van der Waals surface area contributed by atoms with Crippen LogP contribution in [0.3, 0.4) is 0 Å². The van der Waals surface area contributed by atoms with Gasteiger partial charge in [0.1, 0.15) is 0 Å². The molecule has 0 aliphatic heterocycles. The Kier molecular flexibility index (Phi) is 3.77. The van der Waals surface area contributed by atoms with Crippen LogP contribution in [0.15, 0.2) is 12.2 Å². The lowest BCUT2D eigenvalue weighted by Gasteiger charge is -2.21. The molecule has 0 fully saturated rings. The van der Waals surface area contributed by atoms with Gasteiger partial charge in [0.15, 0.2) is 0 Å². The van der Waals surface area contributed by atoms with Crippen molar-refractivity contribution >= 4 is 7.85 Å². The molecular weight excluding hydrogens is 119 g/mol. The molecule has 0 aliphatic carbocycles. The van der Waals surface area contributed by atoms with Crippen molar-refractivity contribution in [3.05, 3.63) is 12.2 Å². The van der Waals surface area contributed by atoms with Crippen LogP contribution in [0.1, 0.15) is 27.7 Å². The molecule has 1 atom stereocenters. The monoisotopic (exact) mass is 136 g/mol. The Bertz CT molecular complexity index is 114. The fourth-order valence-electron chi connectivity index (χ4n) is 0.813. The van der Waals surface area contributed by atoms with Crippen molar-refractivity contribution in [3.8, 4) is 0 Å². The van der Waals surface area contributed by atoms with Gasteiger partial charge in [0, 0.05) is 0 Å². The number of hydrogen-bond donors (Lipinski definition) is 0. The highest BCUT2D eigenvalue weighted by molar-refractivity contribution is 6.13. The second kappa shape index (κ2) is 3.85. The first kappa shape index (κ1) is 9.80. The van der Waals surface area contributed by atoms with Crippen molar-refractivity contribution in [2.45, 2.75) is 33.5 Å². The van der Waals surface area contributed by atoms with Crippen molar-refractivity contribution in [3.63, 3.8) is 0 Å².